The van der Waals surface area contributed by atoms with Crippen LogP contribution in [0.2, 0.25) is 0 Å². The molecule has 0 aliphatic heterocycles. The summed E-state index contributed by atoms with van der Waals surface area (Å²) in [5.74, 6) is -0.784. The zero-order valence-corrected chi connectivity index (χ0v) is 13.4. The number of carboxylic acid groups (broad SMARTS) is 1. The van der Waals surface area contributed by atoms with Gasteiger partial charge in [-0.3, -0.25) is 4.79 Å². The molecule has 0 aliphatic carbocycles. The average Bonchev–Trinajstić information content (AvgIpc) is 2.53. The summed E-state index contributed by atoms with van der Waals surface area (Å²) in [6, 6.07) is 10.3. The van der Waals surface area contributed by atoms with E-state index in [2.05, 4.69) is 0 Å². The molecule has 2 N–H and O–H groups in total. The molecule has 0 saturated carbocycles. The molecule has 122 valence electrons. The van der Waals surface area contributed by atoms with E-state index in [1.165, 1.54) is 20.3 Å². The van der Waals surface area contributed by atoms with Crippen molar-refractivity contribution >= 4 is 5.97 Å². The van der Waals surface area contributed by atoms with Gasteiger partial charge in [0.25, 0.3) is 0 Å². The summed E-state index contributed by atoms with van der Waals surface area (Å²) in [5.41, 5.74) is 2.36. The van der Waals surface area contributed by atoms with Gasteiger partial charge in [-0.25, -0.2) is 0 Å². The minimum Gasteiger partial charge on any atom is -0.504 e. The number of hydrogen-bond donors (Lipinski definition) is 2. The Morgan fingerprint density at radius 2 is 1.78 bits per heavy atom. The number of aryl methyl sites for hydroxylation is 1. The van der Waals surface area contributed by atoms with Crippen molar-refractivity contribution in [2.24, 2.45) is 0 Å². The van der Waals surface area contributed by atoms with E-state index < -0.39 is 11.9 Å². The molecule has 0 radical (unpaired) electrons. The maximum atomic E-state index is 11.8. The van der Waals surface area contributed by atoms with Crippen LogP contribution >= 0.6 is 0 Å². The number of methoxy groups -OCH3 is 2. The number of aliphatic carboxylic acids is 1. The Kier molecular flexibility index (Phi) is 5.11. The Morgan fingerprint density at radius 1 is 1.09 bits per heavy atom. The van der Waals surface area contributed by atoms with Gasteiger partial charge in [-0.15, -0.1) is 0 Å². The Morgan fingerprint density at radius 3 is 2.39 bits per heavy atom. The highest BCUT2D eigenvalue weighted by Crippen LogP contribution is 2.33. The summed E-state index contributed by atoms with van der Waals surface area (Å²) in [4.78, 5) is 11.8. The van der Waals surface area contributed by atoms with E-state index in [0.717, 1.165) is 11.1 Å². The van der Waals surface area contributed by atoms with Gasteiger partial charge in [0.15, 0.2) is 11.5 Å². The van der Waals surface area contributed by atoms with Crippen LogP contribution in [0.3, 0.4) is 0 Å². The topological polar surface area (TPSA) is 76.0 Å². The Balaban J connectivity index is 2.40. The van der Waals surface area contributed by atoms with Crippen molar-refractivity contribution in [2.75, 3.05) is 14.2 Å². The molecule has 2 aromatic carbocycles. The van der Waals surface area contributed by atoms with Gasteiger partial charge >= 0.3 is 5.97 Å². The Hall–Kier alpha value is -2.69. The molecule has 1 atom stereocenters. The lowest BCUT2D eigenvalue weighted by Crippen LogP contribution is -2.15. The Labute approximate surface area is 135 Å². The first-order valence-electron chi connectivity index (χ1n) is 7.19. The standard InChI is InChI=1S/C18H20O5/c1-11-4-7-16(22-2)13(8-11)14(18(20)21)9-12-5-6-15(19)17(10-12)23-3/h4-8,10,14,19H,9H2,1-3H3,(H,20,21). The van der Waals surface area contributed by atoms with Gasteiger partial charge in [0.1, 0.15) is 5.75 Å². The van der Waals surface area contributed by atoms with E-state index >= 15 is 0 Å². The molecular formula is C18H20O5. The van der Waals surface area contributed by atoms with Crippen LogP contribution in [0.25, 0.3) is 0 Å². The smallest absolute Gasteiger partial charge is 0.311 e. The molecule has 0 aromatic heterocycles. The van der Waals surface area contributed by atoms with Crippen molar-refractivity contribution in [3.05, 3.63) is 53.1 Å². The third-order valence-electron chi connectivity index (χ3n) is 3.74. The molecule has 23 heavy (non-hydrogen) atoms. The summed E-state index contributed by atoms with van der Waals surface area (Å²) >= 11 is 0. The van der Waals surface area contributed by atoms with Gasteiger partial charge in [-0.2, -0.15) is 0 Å². The van der Waals surface area contributed by atoms with E-state index in [4.69, 9.17) is 9.47 Å². The highest BCUT2D eigenvalue weighted by Gasteiger charge is 2.24. The van der Waals surface area contributed by atoms with Gasteiger partial charge < -0.3 is 19.7 Å². The van der Waals surface area contributed by atoms with Crippen molar-refractivity contribution in [1.82, 2.24) is 0 Å². The fourth-order valence-electron chi connectivity index (χ4n) is 2.54. The van der Waals surface area contributed by atoms with E-state index in [1.807, 2.05) is 19.1 Å². The van der Waals surface area contributed by atoms with Crippen molar-refractivity contribution in [3.63, 3.8) is 0 Å². The van der Waals surface area contributed by atoms with E-state index in [-0.39, 0.29) is 12.2 Å². The molecule has 5 nitrogen and oxygen atoms in total. The van der Waals surface area contributed by atoms with Crippen LogP contribution in [-0.2, 0) is 11.2 Å². The Bertz CT molecular complexity index is 709. The van der Waals surface area contributed by atoms with Crippen LogP contribution in [0.5, 0.6) is 17.2 Å². The molecule has 0 aliphatic rings. The summed E-state index contributed by atoms with van der Waals surface area (Å²) in [6.07, 6.45) is 0.270. The van der Waals surface area contributed by atoms with E-state index in [9.17, 15) is 15.0 Å². The highest BCUT2D eigenvalue weighted by atomic mass is 16.5. The molecule has 2 rings (SSSR count). The number of aromatic hydroxyl groups is 1. The minimum atomic E-state index is -0.930. The van der Waals surface area contributed by atoms with Crippen LogP contribution in [-0.4, -0.2) is 30.4 Å². The average molecular weight is 316 g/mol. The van der Waals surface area contributed by atoms with E-state index in [1.54, 1.807) is 18.2 Å². The number of ether oxygens (including phenoxy) is 2. The monoisotopic (exact) mass is 316 g/mol. The lowest BCUT2D eigenvalue weighted by atomic mass is 9.90. The first-order valence-corrected chi connectivity index (χ1v) is 7.19. The van der Waals surface area contributed by atoms with Crippen molar-refractivity contribution in [3.8, 4) is 17.2 Å². The SMILES string of the molecule is COc1cc(CC(C(=O)O)c2cc(C)ccc2OC)ccc1O. The second-order valence-corrected chi connectivity index (χ2v) is 5.35. The molecule has 5 heteroatoms. The highest BCUT2D eigenvalue weighted by molar-refractivity contribution is 5.78. The first kappa shape index (κ1) is 16.7. The van der Waals surface area contributed by atoms with Crippen LogP contribution in [0, 0.1) is 6.92 Å². The second-order valence-electron chi connectivity index (χ2n) is 5.35. The van der Waals surface area contributed by atoms with Crippen molar-refractivity contribution in [1.29, 1.82) is 0 Å². The number of phenolic OH excluding ortho intramolecular Hbond substituents is 1. The maximum absolute atomic E-state index is 11.8. The first-order chi connectivity index (χ1) is 11.0. The van der Waals surface area contributed by atoms with Crippen LogP contribution in [0.15, 0.2) is 36.4 Å². The summed E-state index contributed by atoms with van der Waals surface area (Å²) in [7, 11) is 2.98. The van der Waals surface area contributed by atoms with Crippen molar-refractivity contribution < 1.29 is 24.5 Å². The predicted molar refractivity (Wildman–Crippen MR) is 86.5 cm³/mol. The molecule has 0 heterocycles. The number of carboxylic acids is 1. The summed E-state index contributed by atoms with van der Waals surface area (Å²) < 4.78 is 10.4. The van der Waals surface area contributed by atoms with Gasteiger partial charge in [0.2, 0.25) is 0 Å². The second kappa shape index (κ2) is 7.05. The van der Waals surface area contributed by atoms with Gasteiger partial charge in [0, 0.05) is 5.56 Å². The molecule has 0 spiro atoms. The molecule has 1 unspecified atom stereocenters. The fourth-order valence-corrected chi connectivity index (χ4v) is 2.54. The molecule has 0 fully saturated rings. The lowest BCUT2D eigenvalue weighted by molar-refractivity contribution is -0.138. The third-order valence-corrected chi connectivity index (χ3v) is 3.74. The molecule has 0 bridgehead atoms. The number of carbonyl (C=O) groups is 1. The fraction of sp³-hybridized carbons (Fsp3) is 0.278. The normalized spacial score (nSPS) is 11.8. The minimum absolute atomic E-state index is 0.0243. The number of hydrogen-bond acceptors (Lipinski definition) is 4. The summed E-state index contributed by atoms with van der Waals surface area (Å²) in [6.45, 7) is 1.91. The van der Waals surface area contributed by atoms with Crippen LogP contribution < -0.4 is 9.47 Å². The number of rotatable bonds is 6. The third kappa shape index (κ3) is 3.74. The van der Waals surface area contributed by atoms with Gasteiger partial charge in [-0.05, 0) is 37.1 Å². The largest absolute Gasteiger partial charge is 0.504 e. The van der Waals surface area contributed by atoms with E-state index in [0.29, 0.717) is 17.1 Å². The van der Waals surface area contributed by atoms with Gasteiger partial charge in [0.05, 0.1) is 20.1 Å². The zero-order valence-electron chi connectivity index (χ0n) is 13.4. The van der Waals surface area contributed by atoms with Crippen molar-refractivity contribution in [2.45, 2.75) is 19.3 Å². The predicted octanol–water partition coefficient (Wildman–Crippen LogP) is 3.13. The molecular weight excluding hydrogens is 296 g/mol. The summed E-state index contributed by atoms with van der Waals surface area (Å²) in [5, 5.41) is 19.3. The quantitative estimate of drug-likeness (QED) is 0.856. The lowest BCUT2D eigenvalue weighted by Gasteiger charge is -2.17. The van der Waals surface area contributed by atoms with Crippen LogP contribution in [0.1, 0.15) is 22.6 Å². The van der Waals surface area contributed by atoms with Crippen LogP contribution in [0.4, 0.5) is 0 Å². The number of phenols is 1. The maximum Gasteiger partial charge on any atom is 0.311 e. The molecule has 0 amide bonds. The van der Waals surface area contributed by atoms with Gasteiger partial charge in [-0.1, -0.05) is 23.8 Å². The molecule has 0 saturated heterocycles. The molecule has 2 aromatic rings. The zero-order chi connectivity index (χ0) is 17.0. The number of benzene rings is 2.